The Bertz CT molecular complexity index is 2030. The highest BCUT2D eigenvalue weighted by Gasteiger charge is 2.39. The van der Waals surface area contributed by atoms with Gasteiger partial charge < -0.3 is 25.2 Å². The molecule has 0 saturated carbocycles. The number of aliphatic hydroxyl groups is 1. The molecule has 4 atom stereocenters. The van der Waals surface area contributed by atoms with Gasteiger partial charge in [-0.05, 0) is 50.6 Å². The molecule has 2 amide bonds. The Labute approximate surface area is 324 Å². The Morgan fingerprint density at radius 1 is 0.582 bits per heavy atom. The van der Waals surface area contributed by atoms with E-state index in [2.05, 4.69) is 132 Å². The molecule has 3 N–H and O–H groups in total. The second kappa shape index (κ2) is 18.7. The van der Waals surface area contributed by atoms with Gasteiger partial charge in [0.2, 0.25) is 0 Å². The minimum Gasteiger partial charge on any atom is -0.392 e. The summed E-state index contributed by atoms with van der Waals surface area (Å²) < 4.78 is 13.7. The van der Waals surface area contributed by atoms with Crippen molar-refractivity contribution in [1.82, 2.24) is 15.5 Å². The first-order valence-corrected chi connectivity index (χ1v) is 19.1. The van der Waals surface area contributed by atoms with E-state index in [1.807, 2.05) is 54.6 Å². The van der Waals surface area contributed by atoms with Crippen molar-refractivity contribution >= 4 is 6.03 Å². The predicted octanol–water partition coefficient (Wildman–Crippen LogP) is 9.34. The van der Waals surface area contributed by atoms with Crippen molar-refractivity contribution in [3.8, 4) is 11.1 Å². The van der Waals surface area contributed by atoms with Gasteiger partial charge >= 0.3 is 6.03 Å². The van der Waals surface area contributed by atoms with Crippen molar-refractivity contribution in [2.75, 3.05) is 6.54 Å². The molecule has 6 aromatic rings. The number of nitrogens with one attached hydrogen (secondary N) is 2. The Kier molecular flexibility index (Phi) is 12.8. The number of hydrogen-bond donors (Lipinski definition) is 3. The first-order chi connectivity index (χ1) is 27.0. The topological polar surface area (TPSA) is 83.1 Å². The number of urea groups is 1. The van der Waals surface area contributed by atoms with Crippen LogP contribution in [0.3, 0.4) is 0 Å². The van der Waals surface area contributed by atoms with Gasteiger partial charge in [-0.25, -0.2) is 4.79 Å². The Balaban J connectivity index is 1.07. The maximum Gasteiger partial charge on any atom is 0.315 e. The summed E-state index contributed by atoms with van der Waals surface area (Å²) in [5.41, 5.74) is 9.59. The van der Waals surface area contributed by atoms with Crippen molar-refractivity contribution in [3.63, 3.8) is 0 Å². The highest BCUT2D eigenvalue weighted by molar-refractivity contribution is 5.74. The lowest BCUT2D eigenvalue weighted by molar-refractivity contribution is -0.276. The SMILES string of the molecule is C[C@H]1[C@@H](CN(Cc2ccccc2)Cc2ccccc2)O[C@@H](c2ccc(-c3cccc(CNC(=O)NCc4ccccc4)c3)cc2)O[C@H]1c1ccc(CO)cc1. The predicted molar refractivity (Wildman–Crippen MR) is 217 cm³/mol. The molecular weight excluding hydrogens is 683 g/mol. The second-order valence-corrected chi connectivity index (χ2v) is 14.3. The van der Waals surface area contributed by atoms with Crippen molar-refractivity contribution < 1.29 is 19.4 Å². The lowest BCUT2D eigenvalue weighted by Crippen LogP contribution is -2.44. The van der Waals surface area contributed by atoms with E-state index in [1.165, 1.54) is 11.1 Å². The first kappa shape index (κ1) is 37.7. The van der Waals surface area contributed by atoms with Crippen LogP contribution in [0.4, 0.5) is 4.79 Å². The summed E-state index contributed by atoms with van der Waals surface area (Å²) in [4.78, 5) is 15.0. The summed E-state index contributed by atoms with van der Waals surface area (Å²) in [6.07, 6.45) is -0.902. The molecule has 7 rings (SSSR count). The quantitative estimate of drug-likeness (QED) is 0.104. The molecular formula is C48H49N3O4. The van der Waals surface area contributed by atoms with Crippen molar-refractivity contribution in [1.29, 1.82) is 0 Å². The largest absolute Gasteiger partial charge is 0.392 e. The van der Waals surface area contributed by atoms with Crippen LogP contribution in [0.2, 0.25) is 0 Å². The molecule has 1 saturated heterocycles. The van der Waals surface area contributed by atoms with Gasteiger partial charge in [0.15, 0.2) is 6.29 Å². The number of benzene rings is 6. The third-order valence-electron chi connectivity index (χ3n) is 10.3. The van der Waals surface area contributed by atoms with E-state index in [1.54, 1.807) is 0 Å². The minimum absolute atomic E-state index is 0.000489. The van der Waals surface area contributed by atoms with Crippen LogP contribution in [0.15, 0.2) is 164 Å². The number of carbonyl (C=O) groups is 1. The molecule has 0 unspecified atom stereocenters. The van der Waals surface area contributed by atoms with Gasteiger partial charge in [-0.15, -0.1) is 0 Å². The molecule has 7 nitrogen and oxygen atoms in total. The fraction of sp³-hybridized carbons (Fsp3) is 0.229. The van der Waals surface area contributed by atoms with Crippen LogP contribution in [0.25, 0.3) is 11.1 Å². The van der Waals surface area contributed by atoms with E-state index in [-0.39, 0.29) is 30.8 Å². The lowest BCUT2D eigenvalue weighted by Gasteiger charge is -2.43. The molecule has 0 radical (unpaired) electrons. The third kappa shape index (κ3) is 10.4. The average molecular weight is 732 g/mol. The van der Waals surface area contributed by atoms with E-state index in [4.69, 9.17) is 9.47 Å². The van der Waals surface area contributed by atoms with E-state index >= 15 is 0 Å². The van der Waals surface area contributed by atoms with Gasteiger partial charge in [0.05, 0.1) is 18.8 Å². The molecule has 1 aliphatic rings. The van der Waals surface area contributed by atoms with Gasteiger partial charge in [-0.1, -0.05) is 165 Å². The third-order valence-corrected chi connectivity index (χ3v) is 10.3. The molecule has 6 aromatic carbocycles. The molecule has 0 aromatic heterocycles. The minimum atomic E-state index is -0.571. The number of hydrogen-bond acceptors (Lipinski definition) is 5. The summed E-state index contributed by atoms with van der Waals surface area (Å²) in [5.74, 6) is 0.0568. The summed E-state index contributed by atoms with van der Waals surface area (Å²) in [6, 6.07) is 55.6. The maximum atomic E-state index is 12.5. The lowest BCUT2D eigenvalue weighted by atomic mass is 9.89. The monoisotopic (exact) mass is 731 g/mol. The van der Waals surface area contributed by atoms with E-state index < -0.39 is 6.29 Å². The van der Waals surface area contributed by atoms with Gasteiger partial charge in [0.25, 0.3) is 0 Å². The standard InChI is InChI=1S/C48H49N3O4/c1-35-45(33-51(31-37-14-7-3-8-15-37)32-38-16-9-4-10-17-38)54-47(55-46(35)42-22-20-39(34-52)21-23-42)43-26-24-41(25-27-43)44-19-11-18-40(28-44)30-50-48(53)49-29-36-12-5-2-6-13-36/h2-28,35,45-47,52H,29-34H2,1H3,(H2,49,50,53)/t35-,45+,46+,47+/m0/s1. The van der Waals surface area contributed by atoms with Crippen LogP contribution in [0, 0.1) is 5.92 Å². The van der Waals surface area contributed by atoms with Crippen LogP contribution in [-0.2, 0) is 42.3 Å². The maximum absolute atomic E-state index is 12.5. The molecule has 55 heavy (non-hydrogen) atoms. The molecule has 0 aliphatic carbocycles. The van der Waals surface area contributed by atoms with Crippen LogP contribution < -0.4 is 10.6 Å². The molecule has 280 valence electrons. The average Bonchev–Trinajstić information content (AvgIpc) is 3.24. The first-order valence-electron chi connectivity index (χ1n) is 19.1. The zero-order chi connectivity index (χ0) is 37.8. The Hall–Kier alpha value is -5.57. The smallest absolute Gasteiger partial charge is 0.315 e. The molecule has 7 heteroatoms. The van der Waals surface area contributed by atoms with Gasteiger partial charge in [0.1, 0.15) is 0 Å². The molecule has 0 spiro atoms. The van der Waals surface area contributed by atoms with Crippen LogP contribution in [0.5, 0.6) is 0 Å². The molecule has 1 aliphatic heterocycles. The normalized spacial score (nSPS) is 18.2. The number of aliphatic hydroxyl groups excluding tert-OH is 1. The Morgan fingerprint density at radius 2 is 1.13 bits per heavy atom. The highest BCUT2D eigenvalue weighted by Crippen LogP contribution is 2.42. The van der Waals surface area contributed by atoms with Gasteiger partial charge in [-0.3, -0.25) is 4.90 Å². The zero-order valence-electron chi connectivity index (χ0n) is 31.3. The number of ether oxygens (including phenoxy) is 2. The Morgan fingerprint density at radius 3 is 1.73 bits per heavy atom. The highest BCUT2D eigenvalue weighted by atomic mass is 16.7. The summed E-state index contributed by atoms with van der Waals surface area (Å²) in [5, 5.41) is 15.6. The number of amides is 2. The fourth-order valence-electron chi connectivity index (χ4n) is 7.17. The van der Waals surface area contributed by atoms with E-state index in [9.17, 15) is 9.90 Å². The molecule has 1 fully saturated rings. The number of carbonyl (C=O) groups excluding carboxylic acids is 1. The number of nitrogens with zero attached hydrogens (tertiary/aromatic N) is 1. The number of rotatable bonds is 14. The van der Waals surface area contributed by atoms with Crippen LogP contribution in [-0.4, -0.2) is 28.7 Å². The van der Waals surface area contributed by atoms with Crippen LogP contribution in [0.1, 0.15) is 58.3 Å². The van der Waals surface area contributed by atoms with Gasteiger partial charge in [0, 0.05) is 44.2 Å². The van der Waals surface area contributed by atoms with E-state index in [0.29, 0.717) is 13.1 Å². The van der Waals surface area contributed by atoms with E-state index in [0.717, 1.165) is 58.6 Å². The summed E-state index contributed by atoms with van der Waals surface area (Å²) >= 11 is 0. The second-order valence-electron chi connectivity index (χ2n) is 14.3. The zero-order valence-corrected chi connectivity index (χ0v) is 31.3. The van der Waals surface area contributed by atoms with Gasteiger partial charge in [-0.2, -0.15) is 0 Å². The van der Waals surface area contributed by atoms with Crippen molar-refractivity contribution in [3.05, 3.63) is 203 Å². The van der Waals surface area contributed by atoms with Crippen molar-refractivity contribution in [2.45, 2.75) is 58.2 Å². The molecule has 0 bridgehead atoms. The van der Waals surface area contributed by atoms with Crippen LogP contribution >= 0.6 is 0 Å². The summed E-state index contributed by atoms with van der Waals surface area (Å²) in [6.45, 7) is 5.42. The fourth-order valence-corrected chi connectivity index (χ4v) is 7.17. The van der Waals surface area contributed by atoms with Crippen molar-refractivity contribution in [2.24, 2.45) is 5.92 Å². The summed E-state index contributed by atoms with van der Waals surface area (Å²) in [7, 11) is 0. The molecule has 1 heterocycles.